The molecule has 3 unspecified atom stereocenters. The fourth-order valence-electron chi connectivity index (χ4n) is 8.17. The molecule has 0 N–H and O–H groups in total. The third-order valence-electron chi connectivity index (χ3n) is 8.62. The van der Waals surface area contributed by atoms with Crippen LogP contribution in [0.5, 0.6) is 0 Å². The molecule has 0 saturated carbocycles. The lowest BCUT2D eigenvalue weighted by Gasteiger charge is -2.50. The number of rotatable bonds is 4. The molecule has 5 atom stereocenters. The molecule has 4 aliphatic heterocycles. The maximum absolute atomic E-state index is 5.59. The van der Waals surface area contributed by atoms with E-state index >= 15 is 0 Å². The van der Waals surface area contributed by atoms with E-state index < -0.39 is 0 Å². The standard InChI is InChI=1S/C23H26NO/c1-4-23-19-12-8-6-10-17(19)21(2)16-9-5-7-11-18(16)22(13-14-25-3)15-20(23)24(21,22)23/h5-12,20H,4,13-15H2,1-3H3/q+1/t20?,21?,22-,23-,24?/m0/s1. The molecule has 2 heteroatoms. The Kier molecular flexibility index (Phi) is 2.34. The van der Waals surface area contributed by atoms with Gasteiger partial charge in [-0.2, -0.15) is 0 Å². The van der Waals surface area contributed by atoms with Crippen LogP contribution in [0.4, 0.5) is 0 Å². The van der Waals surface area contributed by atoms with Crippen molar-refractivity contribution >= 4 is 0 Å². The average molecular weight is 332 g/mol. The predicted octanol–water partition coefficient (Wildman–Crippen LogP) is 4.42. The summed E-state index contributed by atoms with van der Waals surface area (Å²) >= 11 is 0. The Hall–Kier alpha value is -1.64. The van der Waals surface area contributed by atoms with E-state index in [0.29, 0.717) is 5.54 Å². The van der Waals surface area contributed by atoms with Crippen molar-refractivity contribution in [3.05, 3.63) is 70.8 Å². The van der Waals surface area contributed by atoms with Crippen LogP contribution in [0, 0.1) is 0 Å². The summed E-state index contributed by atoms with van der Waals surface area (Å²) in [5.74, 6) is 0. The van der Waals surface area contributed by atoms with E-state index in [4.69, 9.17) is 4.74 Å². The summed E-state index contributed by atoms with van der Waals surface area (Å²) in [5.41, 5.74) is 7.10. The second-order valence-corrected chi connectivity index (χ2v) is 8.66. The van der Waals surface area contributed by atoms with Gasteiger partial charge in [0.2, 0.25) is 0 Å². The third-order valence-corrected chi connectivity index (χ3v) is 8.62. The van der Waals surface area contributed by atoms with Gasteiger partial charge in [-0.25, -0.2) is 0 Å². The number of fused-ring (bicyclic) bond motifs is 7. The molecule has 128 valence electrons. The summed E-state index contributed by atoms with van der Waals surface area (Å²) < 4.78 is 6.86. The summed E-state index contributed by atoms with van der Waals surface area (Å²) in [6.07, 6.45) is 3.71. The first-order valence-electron chi connectivity index (χ1n) is 9.75. The van der Waals surface area contributed by atoms with Gasteiger partial charge in [-0.3, -0.25) is 4.48 Å². The highest BCUT2D eigenvalue weighted by molar-refractivity contribution is 5.61. The molecule has 2 aromatic rings. The van der Waals surface area contributed by atoms with E-state index in [0.717, 1.165) is 19.1 Å². The minimum absolute atomic E-state index is 0.111. The third kappa shape index (κ3) is 1.04. The number of benzene rings is 2. The van der Waals surface area contributed by atoms with Crippen LogP contribution in [0.3, 0.4) is 0 Å². The van der Waals surface area contributed by atoms with E-state index in [1.807, 2.05) is 7.11 Å². The van der Waals surface area contributed by atoms with Crippen LogP contribution in [0.15, 0.2) is 48.5 Å². The smallest absolute Gasteiger partial charge is 0.180 e. The van der Waals surface area contributed by atoms with Gasteiger partial charge in [0.25, 0.3) is 0 Å². The molecule has 0 radical (unpaired) electrons. The highest BCUT2D eigenvalue weighted by Crippen LogP contribution is 2.90. The van der Waals surface area contributed by atoms with Crippen LogP contribution in [-0.4, -0.2) is 24.2 Å². The van der Waals surface area contributed by atoms with Crippen molar-refractivity contribution in [2.24, 2.45) is 0 Å². The molecular formula is C23H26NO+. The Morgan fingerprint density at radius 3 is 2.24 bits per heavy atom. The Morgan fingerprint density at radius 1 is 1.00 bits per heavy atom. The van der Waals surface area contributed by atoms with Crippen LogP contribution < -0.4 is 0 Å². The van der Waals surface area contributed by atoms with Gasteiger partial charge in [0.05, 0.1) is 13.0 Å². The number of ether oxygens (including phenoxy) is 1. The van der Waals surface area contributed by atoms with Gasteiger partial charge in [-0.05, 0) is 6.92 Å². The fraction of sp³-hybridized carbons (Fsp3) is 0.478. The first-order chi connectivity index (χ1) is 12.2. The molecule has 0 amide bonds. The normalized spacial score (nSPS) is 43.7. The van der Waals surface area contributed by atoms with Gasteiger partial charge in [0, 0.05) is 42.2 Å². The van der Waals surface area contributed by atoms with Crippen molar-refractivity contribution in [2.75, 3.05) is 13.7 Å². The number of quaternary nitrogens is 1. The minimum Gasteiger partial charge on any atom is -0.384 e. The van der Waals surface area contributed by atoms with Gasteiger partial charge in [0.15, 0.2) is 17.1 Å². The van der Waals surface area contributed by atoms with Crippen molar-refractivity contribution in [1.29, 1.82) is 0 Å². The SMILES string of the molecule is CC[C@]12c3ccccc3C3(C)c4ccccc4[C@]4(CCOC)CC1[N+]342. The van der Waals surface area contributed by atoms with Gasteiger partial charge < -0.3 is 4.74 Å². The zero-order valence-electron chi connectivity index (χ0n) is 15.4. The molecule has 0 aromatic heterocycles. The topological polar surface area (TPSA) is 9.23 Å². The van der Waals surface area contributed by atoms with E-state index in [-0.39, 0.29) is 11.1 Å². The van der Waals surface area contributed by atoms with E-state index in [1.165, 1.54) is 17.3 Å². The fourth-order valence-corrected chi connectivity index (χ4v) is 8.17. The average Bonchev–Trinajstić information content (AvgIpc) is 3.00. The molecule has 4 heterocycles. The van der Waals surface area contributed by atoms with Gasteiger partial charge in [-0.1, -0.05) is 55.5 Å². The molecule has 2 nitrogen and oxygen atoms in total. The summed E-state index contributed by atoms with van der Waals surface area (Å²) in [7, 11) is 1.85. The quantitative estimate of drug-likeness (QED) is 0.595. The van der Waals surface area contributed by atoms with Crippen LogP contribution in [-0.2, 0) is 21.4 Å². The first kappa shape index (κ1) is 14.5. The second kappa shape index (κ2) is 4.02. The monoisotopic (exact) mass is 332 g/mol. The lowest BCUT2D eigenvalue weighted by atomic mass is 9.76. The summed E-state index contributed by atoms with van der Waals surface area (Å²) in [6, 6.07) is 19.4. The summed E-state index contributed by atoms with van der Waals surface area (Å²) in [6.45, 7) is 5.81. The van der Waals surface area contributed by atoms with Crippen molar-refractivity contribution in [1.82, 2.24) is 0 Å². The zero-order chi connectivity index (χ0) is 17.1. The lowest BCUT2D eigenvalue weighted by molar-refractivity contribution is -0.975. The van der Waals surface area contributed by atoms with E-state index in [1.54, 1.807) is 22.3 Å². The van der Waals surface area contributed by atoms with Crippen molar-refractivity contribution in [2.45, 2.75) is 55.8 Å². The highest BCUT2D eigenvalue weighted by Gasteiger charge is 3.03. The number of hydrogen-bond acceptors (Lipinski definition) is 1. The largest absolute Gasteiger partial charge is 0.384 e. The lowest BCUT2D eigenvalue weighted by Crippen LogP contribution is -2.62. The second-order valence-electron chi connectivity index (χ2n) is 8.66. The van der Waals surface area contributed by atoms with Gasteiger partial charge in [-0.15, -0.1) is 0 Å². The van der Waals surface area contributed by atoms with Crippen LogP contribution in [0.25, 0.3) is 0 Å². The number of hydrogen-bond donors (Lipinski definition) is 0. The minimum atomic E-state index is 0.111. The molecule has 2 saturated heterocycles. The Bertz CT molecular complexity index is 922. The van der Waals surface area contributed by atoms with Crippen LogP contribution in [0.1, 0.15) is 55.4 Å². The van der Waals surface area contributed by atoms with E-state index in [2.05, 4.69) is 62.4 Å². The molecule has 4 aliphatic rings. The molecule has 1 spiro atoms. The van der Waals surface area contributed by atoms with Crippen molar-refractivity contribution < 1.29 is 9.22 Å². The van der Waals surface area contributed by atoms with Crippen LogP contribution >= 0.6 is 0 Å². The first-order valence-corrected chi connectivity index (χ1v) is 9.75. The summed E-state index contributed by atoms with van der Waals surface area (Å²) in [4.78, 5) is 0. The maximum Gasteiger partial charge on any atom is 0.180 e. The van der Waals surface area contributed by atoms with E-state index in [9.17, 15) is 0 Å². The molecule has 0 aliphatic carbocycles. The predicted molar refractivity (Wildman–Crippen MR) is 98.1 cm³/mol. The number of methoxy groups -OCH3 is 1. The van der Waals surface area contributed by atoms with Gasteiger partial charge >= 0.3 is 0 Å². The molecule has 25 heavy (non-hydrogen) atoms. The zero-order valence-corrected chi connectivity index (χ0v) is 15.4. The van der Waals surface area contributed by atoms with Crippen molar-refractivity contribution in [3.63, 3.8) is 0 Å². The maximum atomic E-state index is 5.59. The Morgan fingerprint density at radius 2 is 1.60 bits per heavy atom. The van der Waals surface area contributed by atoms with Crippen LogP contribution in [0.2, 0.25) is 0 Å². The van der Waals surface area contributed by atoms with Gasteiger partial charge in [0.1, 0.15) is 5.54 Å². The molecule has 6 rings (SSSR count). The van der Waals surface area contributed by atoms with Crippen molar-refractivity contribution in [3.8, 4) is 0 Å². The molecule has 2 aromatic carbocycles. The Labute approximate surface area is 150 Å². The molecule has 2 fully saturated rings. The summed E-state index contributed by atoms with van der Waals surface area (Å²) in [5, 5.41) is 0. The molecular weight excluding hydrogens is 306 g/mol. The molecule has 0 bridgehead atoms. The Balaban J connectivity index is 1.72. The number of nitrogens with zero attached hydrogens (tertiary/aromatic N) is 1. The highest BCUT2D eigenvalue weighted by atomic mass is 16.5.